The topological polar surface area (TPSA) is 63.6 Å². The highest BCUT2D eigenvalue weighted by Crippen LogP contribution is 2.20. The Bertz CT molecular complexity index is 246. The molecular formula is C13H24O4. The summed E-state index contributed by atoms with van der Waals surface area (Å²) in [6, 6.07) is 0. The summed E-state index contributed by atoms with van der Waals surface area (Å²) >= 11 is 0. The first-order chi connectivity index (χ1) is 7.87. The number of esters is 1. The quantitative estimate of drug-likeness (QED) is 0.500. The molecule has 0 amide bonds. The van der Waals surface area contributed by atoms with E-state index in [-0.39, 0.29) is 12.8 Å². The molecule has 0 heterocycles. The van der Waals surface area contributed by atoms with Crippen molar-refractivity contribution in [2.75, 3.05) is 0 Å². The van der Waals surface area contributed by atoms with E-state index in [4.69, 9.17) is 9.84 Å². The molecule has 0 aromatic rings. The van der Waals surface area contributed by atoms with Gasteiger partial charge >= 0.3 is 11.9 Å². The van der Waals surface area contributed by atoms with Crippen molar-refractivity contribution < 1.29 is 19.4 Å². The number of carbonyl (C=O) groups is 2. The van der Waals surface area contributed by atoms with Crippen molar-refractivity contribution in [3.63, 3.8) is 0 Å². The highest BCUT2D eigenvalue weighted by molar-refractivity contribution is 5.76. The van der Waals surface area contributed by atoms with Crippen LogP contribution in [0.2, 0.25) is 0 Å². The van der Waals surface area contributed by atoms with Gasteiger partial charge in [-0.2, -0.15) is 0 Å². The van der Waals surface area contributed by atoms with Crippen molar-refractivity contribution in [2.45, 2.75) is 71.3 Å². The molecule has 0 radical (unpaired) electrons. The van der Waals surface area contributed by atoms with Gasteiger partial charge in [-0.3, -0.25) is 9.59 Å². The summed E-state index contributed by atoms with van der Waals surface area (Å²) in [7, 11) is 0. The Morgan fingerprint density at radius 1 is 1.12 bits per heavy atom. The van der Waals surface area contributed by atoms with Crippen LogP contribution in [0.3, 0.4) is 0 Å². The third kappa shape index (κ3) is 9.85. The van der Waals surface area contributed by atoms with Crippen molar-refractivity contribution in [3.8, 4) is 0 Å². The molecule has 0 atom stereocenters. The molecule has 0 bridgehead atoms. The minimum Gasteiger partial charge on any atom is -0.481 e. The first-order valence-electron chi connectivity index (χ1n) is 6.31. The normalized spacial score (nSPS) is 11.2. The fourth-order valence-corrected chi connectivity index (χ4v) is 1.60. The number of unbranched alkanes of at least 4 members (excludes halogenated alkanes) is 3. The van der Waals surface area contributed by atoms with Crippen LogP contribution >= 0.6 is 0 Å². The van der Waals surface area contributed by atoms with Crippen LogP contribution in [0.25, 0.3) is 0 Å². The van der Waals surface area contributed by atoms with Gasteiger partial charge < -0.3 is 9.84 Å². The Morgan fingerprint density at radius 2 is 1.76 bits per heavy atom. The fourth-order valence-electron chi connectivity index (χ4n) is 1.60. The number of hydrogen-bond acceptors (Lipinski definition) is 3. The lowest BCUT2D eigenvalue weighted by atomic mass is 10.00. The zero-order valence-corrected chi connectivity index (χ0v) is 11.1. The number of carbonyl (C=O) groups excluding carboxylic acids is 1. The van der Waals surface area contributed by atoms with E-state index in [1.54, 1.807) is 0 Å². The Labute approximate surface area is 103 Å². The second kappa shape index (κ2) is 8.09. The maximum Gasteiger partial charge on any atom is 0.306 e. The largest absolute Gasteiger partial charge is 0.481 e. The van der Waals surface area contributed by atoms with E-state index in [1.165, 1.54) is 12.8 Å². The van der Waals surface area contributed by atoms with Crippen LogP contribution < -0.4 is 0 Å². The lowest BCUT2D eigenvalue weighted by molar-refractivity contribution is -0.159. The number of hydrogen-bond donors (Lipinski definition) is 1. The average molecular weight is 244 g/mol. The molecule has 0 aliphatic carbocycles. The van der Waals surface area contributed by atoms with E-state index in [2.05, 4.69) is 6.92 Å². The zero-order chi connectivity index (χ0) is 13.3. The standard InChI is InChI=1S/C13H24O4/c1-4-5-6-7-10-13(2,3)17-12(16)9-8-11(14)15/h4-10H2,1-3H3,(H,14,15). The van der Waals surface area contributed by atoms with Crippen LogP contribution in [-0.4, -0.2) is 22.6 Å². The van der Waals surface area contributed by atoms with E-state index in [0.717, 1.165) is 19.3 Å². The van der Waals surface area contributed by atoms with E-state index < -0.39 is 17.5 Å². The molecule has 0 fully saturated rings. The number of rotatable bonds is 9. The smallest absolute Gasteiger partial charge is 0.306 e. The molecular weight excluding hydrogens is 220 g/mol. The molecule has 0 aliphatic rings. The number of carboxylic acids is 1. The van der Waals surface area contributed by atoms with Gasteiger partial charge in [0.25, 0.3) is 0 Å². The summed E-state index contributed by atoms with van der Waals surface area (Å²) in [5, 5.41) is 8.45. The van der Waals surface area contributed by atoms with Gasteiger partial charge in [0.1, 0.15) is 5.60 Å². The Kier molecular flexibility index (Phi) is 7.59. The Hall–Kier alpha value is -1.06. The summed E-state index contributed by atoms with van der Waals surface area (Å²) in [6.07, 6.45) is 5.17. The van der Waals surface area contributed by atoms with Crippen molar-refractivity contribution in [1.29, 1.82) is 0 Å². The molecule has 0 saturated heterocycles. The lowest BCUT2D eigenvalue weighted by Crippen LogP contribution is -2.28. The van der Waals surface area contributed by atoms with E-state index >= 15 is 0 Å². The second-order valence-electron chi connectivity index (χ2n) is 4.94. The van der Waals surface area contributed by atoms with Gasteiger partial charge in [0, 0.05) is 0 Å². The Balaban J connectivity index is 3.81. The van der Waals surface area contributed by atoms with Crippen LogP contribution in [0.5, 0.6) is 0 Å². The van der Waals surface area contributed by atoms with Gasteiger partial charge in [-0.05, 0) is 26.7 Å². The molecule has 0 aliphatic heterocycles. The first kappa shape index (κ1) is 15.9. The summed E-state index contributed by atoms with van der Waals surface area (Å²) in [5.41, 5.74) is -0.483. The van der Waals surface area contributed by atoms with E-state index in [0.29, 0.717) is 0 Å². The maximum absolute atomic E-state index is 11.4. The Morgan fingerprint density at radius 3 is 2.29 bits per heavy atom. The predicted molar refractivity (Wildman–Crippen MR) is 65.8 cm³/mol. The predicted octanol–water partition coefficient (Wildman–Crippen LogP) is 3.14. The molecule has 100 valence electrons. The van der Waals surface area contributed by atoms with Gasteiger partial charge in [0.2, 0.25) is 0 Å². The average Bonchev–Trinajstić information content (AvgIpc) is 2.21. The van der Waals surface area contributed by atoms with Crippen molar-refractivity contribution in [1.82, 2.24) is 0 Å². The third-order valence-electron chi connectivity index (χ3n) is 2.57. The highest BCUT2D eigenvalue weighted by Gasteiger charge is 2.22. The molecule has 0 spiro atoms. The zero-order valence-electron chi connectivity index (χ0n) is 11.1. The van der Waals surface area contributed by atoms with Crippen molar-refractivity contribution in [3.05, 3.63) is 0 Å². The van der Waals surface area contributed by atoms with Crippen molar-refractivity contribution in [2.24, 2.45) is 0 Å². The van der Waals surface area contributed by atoms with Crippen LogP contribution in [0.15, 0.2) is 0 Å². The van der Waals surface area contributed by atoms with Gasteiger partial charge in [-0.25, -0.2) is 0 Å². The van der Waals surface area contributed by atoms with Crippen LogP contribution in [0, 0.1) is 0 Å². The summed E-state index contributed by atoms with van der Waals surface area (Å²) in [5.74, 6) is -1.39. The number of aliphatic carboxylic acids is 1. The van der Waals surface area contributed by atoms with Gasteiger partial charge in [0.15, 0.2) is 0 Å². The minimum absolute atomic E-state index is 0.0479. The van der Waals surface area contributed by atoms with Gasteiger partial charge in [-0.15, -0.1) is 0 Å². The molecule has 0 rings (SSSR count). The number of carboxylic acid groups (broad SMARTS) is 1. The molecule has 4 heteroatoms. The molecule has 0 saturated carbocycles. The molecule has 0 aromatic carbocycles. The maximum atomic E-state index is 11.4. The van der Waals surface area contributed by atoms with Gasteiger partial charge in [0.05, 0.1) is 12.8 Å². The molecule has 0 aromatic heterocycles. The molecule has 1 N–H and O–H groups in total. The highest BCUT2D eigenvalue weighted by atomic mass is 16.6. The number of ether oxygens (including phenoxy) is 1. The lowest BCUT2D eigenvalue weighted by Gasteiger charge is -2.25. The summed E-state index contributed by atoms with van der Waals surface area (Å²) in [6.45, 7) is 5.90. The molecule has 4 nitrogen and oxygen atoms in total. The van der Waals surface area contributed by atoms with E-state index in [1.807, 2.05) is 13.8 Å². The monoisotopic (exact) mass is 244 g/mol. The molecule has 0 unspecified atom stereocenters. The fraction of sp³-hybridized carbons (Fsp3) is 0.846. The van der Waals surface area contributed by atoms with Gasteiger partial charge in [-0.1, -0.05) is 26.2 Å². The van der Waals surface area contributed by atoms with Crippen LogP contribution in [-0.2, 0) is 14.3 Å². The summed E-state index contributed by atoms with van der Waals surface area (Å²) in [4.78, 5) is 21.7. The second-order valence-corrected chi connectivity index (χ2v) is 4.94. The van der Waals surface area contributed by atoms with Crippen LogP contribution in [0.4, 0.5) is 0 Å². The third-order valence-corrected chi connectivity index (χ3v) is 2.57. The van der Waals surface area contributed by atoms with E-state index in [9.17, 15) is 9.59 Å². The first-order valence-corrected chi connectivity index (χ1v) is 6.31. The van der Waals surface area contributed by atoms with Crippen molar-refractivity contribution >= 4 is 11.9 Å². The molecule has 17 heavy (non-hydrogen) atoms. The van der Waals surface area contributed by atoms with Crippen LogP contribution in [0.1, 0.15) is 65.7 Å². The summed E-state index contributed by atoms with van der Waals surface area (Å²) < 4.78 is 5.27. The SMILES string of the molecule is CCCCCCC(C)(C)OC(=O)CCC(=O)O. The minimum atomic E-state index is -0.970.